The van der Waals surface area contributed by atoms with Gasteiger partial charge in [0, 0.05) is 6.04 Å². The van der Waals surface area contributed by atoms with Crippen molar-refractivity contribution in [3.63, 3.8) is 0 Å². The lowest BCUT2D eigenvalue weighted by molar-refractivity contribution is 0.466. The Morgan fingerprint density at radius 1 is 1.20 bits per heavy atom. The number of benzene rings is 1. The first-order valence-corrected chi connectivity index (χ1v) is 6.11. The Morgan fingerprint density at radius 3 is 2.80 bits per heavy atom. The van der Waals surface area contributed by atoms with Crippen LogP contribution in [0, 0.1) is 0 Å². The molecule has 1 aromatic carbocycles. The second kappa shape index (κ2) is 3.34. The van der Waals surface area contributed by atoms with E-state index in [1.807, 2.05) is 0 Å². The Balaban J connectivity index is 2.16. The first-order chi connectivity index (χ1) is 7.31. The Hall–Kier alpha value is -0.820. The van der Waals surface area contributed by atoms with E-state index in [0.29, 0.717) is 6.04 Å². The highest BCUT2D eigenvalue weighted by molar-refractivity contribution is 5.46. The van der Waals surface area contributed by atoms with Gasteiger partial charge in [-0.1, -0.05) is 25.1 Å². The lowest BCUT2D eigenvalue weighted by Gasteiger charge is -2.26. The highest BCUT2D eigenvalue weighted by atomic mass is 14.9. The van der Waals surface area contributed by atoms with Crippen LogP contribution in [0.2, 0.25) is 0 Å². The molecule has 2 aliphatic carbocycles. The van der Waals surface area contributed by atoms with Gasteiger partial charge in [-0.15, -0.1) is 0 Å². The zero-order valence-electron chi connectivity index (χ0n) is 9.59. The summed E-state index contributed by atoms with van der Waals surface area (Å²) >= 11 is 0. The van der Waals surface area contributed by atoms with Crippen molar-refractivity contribution in [1.82, 2.24) is 5.32 Å². The van der Waals surface area contributed by atoms with Crippen LogP contribution in [0.4, 0.5) is 0 Å². The second-order valence-electron chi connectivity index (χ2n) is 5.10. The van der Waals surface area contributed by atoms with Gasteiger partial charge in [0.15, 0.2) is 0 Å². The van der Waals surface area contributed by atoms with Crippen molar-refractivity contribution >= 4 is 0 Å². The van der Waals surface area contributed by atoms with Crippen LogP contribution in [0.5, 0.6) is 0 Å². The molecule has 0 spiro atoms. The molecule has 0 amide bonds. The zero-order valence-corrected chi connectivity index (χ0v) is 9.59. The van der Waals surface area contributed by atoms with Crippen molar-refractivity contribution in [2.24, 2.45) is 0 Å². The van der Waals surface area contributed by atoms with Crippen LogP contribution >= 0.6 is 0 Å². The van der Waals surface area contributed by atoms with E-state index < -0.39 is 0 Å². The van der Waals surface area contributed by atoms with Crippen LogP contribution in [0.1, 0.15) is 60.8 Å². The molecule has 80 valence electrons. The zero-order chi connectivity index (χ0) is 10.4. The molecule has 1 nitrogen and oxygen atoms in total. The Bertz CT molecular complexity index is 383. The standard InChI is InChI=1S/C14H19N/c1-9-6-7-10-8-13(15-2)12-5-3-4-11(9)14(10)12/h3-5,9-10,13,15H,6-8H2,1-2H3. The Labute approximate surface area is 91.9 Å². The molecule has 1 heteroatoms. The van der Waals surface area contributed by atoms with Gasteiger partial charge in [0.1, 0.15) is 0 Å². The third-order valence-electron chi connectivity index (χ3n) is 4.30. The Morgan fingerprint density at radius 2 is 2.00 bits per heavy atom. The van der Waals surface area contributed by atoms with E-state index in [9.17, 15) is 0 Å². The topological polar surface area (TPSA) is 12.0 Å². The quantitative estimate of drug-likeness (QED) is 0.735. The van der Waals surface area contributed by atoms with Gasteiger partial charge in [-0.3, -0.25) is 0 Å². The number of rotatable bonds is 1. The van der Waals surface area contributed by atoms with Crippen molar-refractivity contribution in [2.75, 3.05) is 7.05 Å². The van der Waals surface area contributed by atoms with Gasteiger partial charge in [-0.25, -0.2) is 0 Å². The van der Waals surface area contributed by atoms with Crippen LogP contribution in [0.25, 0.3) is 0 Å². The summed E-state index contributed by atoms with van der Waals surface area (Å²) in [4.78, 5) is 0. The van der Waals surface area contributed by atoms with E-state index in [2.05, 4.69) is 37.5 Å². The van der Waals surface area contributed by atoms with E-state index >= 15 is 0 Å². The molecule has 0 aliphatic heterocycles. The van der Waals surface area contributed by atoms with Gasteiger partial charge in [-0.05, 0) is 54.8 Å². The molecule has 3 rings (SSSR count). The maximum Gasteiger partial charge on any atom is 0.0326 e. The molecule has 2 aliphatic rings. The Kier molecular flexibility index (Phi) is 2.10. The smallest absolute Gasteiger partial charge is 0.0326 e. The van der Waals surface area contributed by atoms with Crippen LogP contribution in [0.15, 0.2) is 18.2 Å². The molecule has 1 N–H and O–H groups in total. The molecule has 1 aromatic rings. The molecule has 0 saturated carbocycles. The average molecular weight is 201 g/mol. The minimum atomic E-state index is 0.607. The predicted octanol–water partition coefficient (Wildman–Crippen LogP) is 3.33. The minimum absolute atomic E-state index is 0.607. The largest absolute Gasteiger partial charge is 0.313 e. The monoisotopic (exact) mass is 201 g/mol. The first-order valence-electron chi connectivity index (χ1n) is 6.11. The summed E-state index contributed by atoms with van der Waals surface area (Å²) in [5, 5.41) is 3.45. The average Bonchev–Trinajstić information content (AvgIpc) is 2.64. The van der Waals surface area contributed by atoms with Gasteiger partial charge in [-0.2, -0.15) is 0 Å². The normalized spacial score (nSPS) is 32.8. The van der Waals surface area contributed by atoms with Gasteiger partial charge in [0.2, 0.25) is 0 Å². The second-order valence-corrected chi connectivity index (χ2v) is 5.10. The maximum absolute atomic E-state index is 3.45. The van der Waals surface area contributed by atoms with E-state index in [1.165, 1.54) is 19.3 Å². The summed E-state index contributed by atoms with van der Waals surface area (Å²) in [5.74, 6) is 1.61. The highest BCUT2D eigenvalue weighted by Crippen LogP contribution is 2.50. The summed E-state index contributed by atoms with van der Waals surface area (Å²) in [6.45, 7) is 2.37. The summed E-state index contributed by atoms with van der Waals surface area (Å²) in [6, 6.07) is 7.50. The predicted molar refractivity (Wildman–Crippen MR) is 63.2 cm³/mol. The third kappa shape index (κ3) is 1.26. The fraction of sp³-hybridized carbons (Fsp3) is 0.571. The minimum Gasteiger partial charge on any atom is -0.313 e. The van der Waals surface area contributed by atoms with Gasteiger partial charge in [0.25, 0.3) is 0 Å². The number of hydrogen-bond acceptors (Lipinski definition) is 1. The van der Waals surface area contributed by atoms with Crippen molar-refractivity contribution < 1.29 is 0 Å². The van der Waals surface area contributed by atoms with Crippen molar-refractivity contribution in [3.8, 4) is 0 Å². The van der Waals surface area contributed by atoms with Gasteiger partial charge >= 0.3 is 0 Å². The van der Waals surface area contributed by atoms with Crippen LogP contribution in [0.3, 0.4) is 0 Å². The van der Waals surface area contributed by atoms with E-state index in [-0.39, 0.29) is 0 Å². The number of nitrogens with one attached hydrogen (secondary N) is 1. The molecule has 3 atom stereocenters. The van der Waals surface area contributed by atoms with Crippen LogP contribution in [-0.4, -0.2) is 7.05 Å². The van der Waals surface area contributed by atoms with Crippen molar-refractivity contribution in [2.45, 2.75) is 44.1 Å². The van der Waals surface area contributed by atoms with Crippen LogP contribution < -0.4 is 5.32 Å². The van der Waals surface area contributed by atoms with Gasteiger partial charge in [0.05, 0.1) is 0 Å². The van der Waals surface area contributed by atoms with E-state index in [0.717, 1.165) is 11.8 Å². The summed E-state index contributed by atoms with van der Waals surface area (Å²) in [6.07, 6.45) is 4.08. The molecule has 0 saturated heterocycles. The molecular weight excluding hydrogens is 182 g/mol. The molecule has 0 radical (unpaired) electrons. The lowest BCUT2D eigenvalue weighted by atomic mass is 9.78. The molecule has 0 heterocycles. The summed E-state index contributed by atoms with van der Waals surface area (Å²) in [5.41, 5.74) is 4.89. The maximum atomic E-state index is 3.45. The molecule has 0 bridgehead atoms. The summed E-state index contributed by atoms with van der Waals surface area (Å²) in [7, 11) is 2.09. The lowest BCUT2D eigenvalue weighted by Crippen LogP contribution is -2.12. The van der Waals surface area contributed by atoms with E-state index in [4.69, 9.17) is 0 Å². The van der Waals surface area contributed by atoms with Crippen LogP contribution in [-0.2, 0) is 0 Å². The first kappa shape index (κ1) is 9.41. The van der Waals surface area contributed by atoms with Crippen molar-refractivity contribution in [3.05, 3.63) is 34.9 Å². The SMILES string of the molecule is CNC1CC2CCC(C)c3cccc1c32. The molecule has 3 unspecified atom stereocenters. The summed E-state index contributed by atoms with van der Waals surface area (Å²) < 4.78 is 0. The highest BCUT2D eigenvalue weighted by Gasteiger charge is 2.35. The fourth-order valence-electron chi connectivity index (χ4n) is 3.48. The molecule has 0 fully saturated rings. The molecule has 15 heavy (non-hydrogen) atoms. The van der Waals surface area contributed by atoms with E-state index in [1.54, 1.807) is 16.7 Å². The van der Waals surface area contributed by atoms with Gasteiger partial charge < -0.3 is 5.32 Å². The fourth-order valence-corrected chi connectivity index (χ4v) is 3.48. The molecule has 0 aromatic heterocycles. The number of hydrogen-bond donors (Lipinski definition) is 1. The molecular formula is C14H19N. The third-order valence-corrected chi connectivity index (χ3v) is 4.30. The van der Waals surface area contributed by atoms with Crippen molar-refractivity contribution in [1.29, 1.82) is 0 Å².